The van der Waals surface area contributed by atoms with Crippen LogP contribution >= 0.6 is 15.9 Å². The summed E-state index contributed by atoms with van der Waals surface area (Å²) in [5.74, 6) is 0. The van der Waals surface area contributed by atoms with Crippen molar-refractivity contribution in [2.75, 3.05) is 17.1 Å². The van der Waals surface area contributed by atoms with Crippen molar-refractivity contribution in [3.05, 3.63) is 30.3 Å². The summed E-state index contributed by atoms with van der Waals surface area (Å²) in [4.78, 5) is 2.08. The number of benzene rings is 1. The zero-order valence-corrected chi connectivity index (χ0v) is 8.68. The maximum Gasteiger partial charge on any atom is 0.114 e. The second-order valence-electron chi connectivity index (χ2n) is 2.82. The zero-order chi connectivity index (χ0) is 9.10. The highest BCUT2D eigenvalue weighted by atomic mass is 79.9. The highest BCUT2D eigenvalue weighted by Crippen LogP contribution is 2.16. The van der Waals surface area contributed by atoms with Crippen LogP contribution in [-0.2, 0) is 0 Å². The fraction of sp³-hybridized carbons (Fsp3) is 0.222. The number of hydrazone groups is 1. The van der Waals surface area contributed by atoms with Gasteiger partial charge in [-0.25, -0.2) is 5.01 Å². The van der Waals surface area contributed by atoms with Gasteiger partial charge >= 0.3 is 0 Å². The third kappa shape index (κ3) is 1.83. The second-order valence-corrected chi connectivity index (χ2v) is 3.32. The Bertz CT molecular complexity index is 299. The van der Waals surface area contributed by atoms with Gasteiger partial charge in [0.25, 0.3) is 0 Å². The van der Waals surface area contributed by atoms with E-state index in [4.69, 9.17) is 0 Å². The Morgan fingerprint density at radius 3 is 2.69 bits per heavy atom. The normalized spacial score (nSPS) is 15.5. The van der Waals surface area contributed by atoms with Gasteiger partial charge in [0.2, 0.25) is 0 Å². The van der Waals surface area contributed by atoms with Crippen molar-refractivity contribution in [3.8, 4) is 0 Å². The van der Waals surface area contributed by atoms with Gasteiger partial charge in [-0.3, -0.25) is 0 Å². The van der Waals surface area contributed by atoms with E-state index >= 15 is 0 Å². The number of hydrogen-bond acceptors (Lipinski definition) is 3. The summed E-state index contributed by atoms with van der Waals surface area (Å²) < 4.78 is 0. The minimum absolute atomic E-state index is 0.815. The van der Waals surface area contributed by atoms with Gasteiger partial charge in [-0.05, 0) is 12.1 Å². The SMILES string of the molecule is BrCN1C=NN(c2ccccc2)C1. The lowest BCUT2D eigenvalue weighted by atomic mass is 10.3. The smallest absolute Gasteiger partial charge is 0.114 e. The van der Waals surface area contributed by atoms with Gasteiger partial charge in [0, 0.05) is 0 Å². The van der Waals surface area contributed by atoms with E-state index in [1.54, 1.807) is 0 Å². The van der Waals surface area contributed by atoms with Crippen molar-refractivity contribution >= 4 is 28.0 Å². The monoisotopic (exact) mass is 239 g/mol. The van der Waals surface area contributed by atoms with Crippen molar-refractivity contribution in [2.45, 2.75) is 0 Å². The molecule has 4 heteroatoms. The summed E-state index contributed by atoms with van der Waals surface area (Å²) in [6.07, 6.45) is 1.84. The first-order valence-corrected chi connectivity index (χ1v) is 5.19. The third-order valence-corrected chi connectivity index (χ3v) is 2.52. The van der Waals surface area contributed by atoms with E-state index in [0.717, 1.165) is 17.8 Å². The van der Waals surface area contributed by atoms with Gasteiger partial charge in [0.05, 0.1) is 11.1 Å². The molecule has 1 aliphatic heterocycles. The number of halogens is 1. The number of hydrogen-bond donors (Lipinski definition) is 0. The predicted molar refractivity (Wildman–Crippen MR) is 57.9 cm³/mol. The first kappa shape index (κ1) is 8.56. The third-order valence-electron chi connectivity index (χ3n) is 1.88. The molecule has 0 N–H and O–H groups in total. The highest BCUT2D eigenvalue weighted by Gasteiger charge is 2.13. The highest BCUT2D eigenvalue weighted by molar-refractivity contribution is 9.09. The summed E-state index contributed by atoms with van der Waals surface area (Å²) in [6, 6.07) is 10.1. The lowest BCUT2D eigenvalue weighted by Crippen LogP contribution is -2.25. The molecule has 0 radical (unpaired) electrons. The van der Waals surface area contributed by atoms with Crippen LogP contribution in [0.4, 0.5) is 5.69 Å². The van der Waals surface area contributed by atoms with E-state index < -0.39 is 0 Å². The quantitative estimate of drug-likeness (QED) is 0.582. The van der Waals surface area contributed by atoms with Gasteiger partial charge in [0.15, 0.2) is 0 Å². The number of rotatable bonds is 2. The van der Waals surface area contributed by atoms with Gasteiger partial charge in [0.1, 0.15) is 13.0 Å². The maximum atomic E-state index is 4.26. The molecule has 1 aliphatic rings. The molecular weight excluding hydrogens is 230 g/mol. The minimum atomic E-state index is 0.815. The molecule has 68 valence electrons. The molecule has 0 saturated carbocycles. The Balaban J connectivity index is 2.09. The first-order chi connectivity index (χ1) is 6.40. The van der Waals surface area contributed by atoms with Crippen LogP contribution < -0.4 is 5.01 Å². The van der Waals surface area contributed by atoms with E-state index in [1.807, 2.05) is 29.5 Å². The number of anilines is 1. The van der Waals surface area contributed by atoms with Crippen molar-refractivity contribution in [3.63, 3.8) is 0 Å². The molecule has 0 unspecified atom stereocenters. The molecule has 0 fully saturated rings. The summed E-state index contributed by atoms with van der Waals surface area (Å²) >= 11 is 3.38. The summed E-state index contributed by atoms with van der Waals surface area (Å²) in [5, 5.41) is 6.22. The zero-order valence-electron chi connectivity index (χ0n) is 7.10. The summed E-state index contributed by atoms with van der Waals surface area (Å²) in [5.41, 5.74) is 1.95. The fourth-order valence-corrected chi connectivity index (χ4v) is 1.49. The van der Waals surface area contributed by atoms with E-state index in [9.17, 15) is 0 Å². The standard InChI is InChI=1S/C9H10BrN3/c10-6-12-7-11-13(8-12)9-4-2-1-3-5-9/h1-5,7H,6,8H2. The Labute approximate surface area is 85.8 Å². The summed E-state index contributed by atoms with van der Waals surface area (Å²) in [6.45, 7) is 0.815. The van der Waals surface area contributed by atoms with Gasteiger partial charge in [-0.15, -0.1) is 0 Å². The molecule has 1 aromatic rings. The van der Waals surface area contributed by atoms with Crippen LogP contribution in [0.25, 0.3) is 0 Å². The number of nitrogens with zero attached hydrogens (tertiary/aromatic N) is 3. The molecule has 0 bridgehead atoms. The van der Waals surface area contributed by atoms with E-state index in [1.165, 1.54) is 0 Å². The van der Waals surface area contributed by atoms with E-state index in [-0.39, 0.29) is 0 Å². The fourth-order valence-electron chi connectivity index (χ4n) is 1.20. The molecule has 0 atom stereocenters. The largest absolute Gasteiger partial charge is 0.332 e. The first-order valence-electron chi connectivity index (χ1n) is 4.07. The molecule has 0 amide bonds. The number of alkyl halides is 1. The molecule has 13 heavy (non-hydrogen) atoms. The molecule has 0 spiro atoms. The molecule has 0 aliphatic carbocycles. The van der Waals surface area contributed by atoms with Crippen LogP contribution in [0.3, 0.4) is 0 Å². The molecule has 1 aromatic carbocycles. The topological polar surface area (TPSA) is 18.8 Å². The predicted octanol–water partition coefficient (Wildman–Crippen LogP) is 2.06. The van der Waals surface area contributed by atoms with Crippen molar-refractivity contribution in [1.29, 1.82) is 0 Å². The van der Waals surface area contributed by atoms with Crippen LogP contribution in [0, 0.1) is 0 Å². The van der Waals surface area contributed by atoms with Gasteiger partial charge in [-0.1, -0.05) is 34.1 Å². The molecular formula is C9H10BrN3. The van der Waals surface area contributed by atoms with Crippen LogP contribution in [-0.4, -0.2) is 23.4 Å². The van der Waals surface area contributed by atoms with Gasteiger partial charge in [-0.2, -0.15) is 5.10 Å². The Hall–Kier alpha value is -1.03. The van der Waals surface area contributed by atoms with Gasteiger partial charge < -0.3 is 4.90 Å². The average molecular weight is 240 g/mol. The van der Waals surface area contributed by atoms with E-state index in [2.05, 4.69) is 38.1 Å². The summed E-state index contributed by atoms with van der Waals surface area (Å²) in [7, 11) is 0. The Morgan fingerprint density at radius 2 is 2.08 bits per heavy atom. The molecule has 2 rings (SSSR count). The molecule has 3 nitrogen and oxygen atoms in total. The van der Waals surface area contributed by atoms with Crippen LogP contribution in [0.15, 0.2) is 35.4 Å². The Morgan fingerprint density at radius 1 is 1.31 bits per heavy atom. The molecule has 1 heterocycles. The molecule has 0 saturated heterocycles. The molecule has 0 aromatic heterocycles. The lowest BCUT2D eigenvalue weighted by Gasteiger charge is -2.16. The van der Waals surface area contributed by atoms with Crippen LogP contribution in [0.1, 0.15) is 0 Å². The van der Waals surface area contributed by atoms with Crippen LogP contribution in [0.2, 0.25) is 0 Å². The van der Waals surface area contributed by atoms with E-state index in [0.29, 0.717) is 0 Å². The maximum absolute atomic E-state index is 4.26. The minimum Gasteiger partial charge on any atom is -0.332 e. The van der Waals surface area contributed by atoms with Crippen LogP contribution in [0.5, 0.6) is 0 Å². The van der Waals surface area contributed by atoms with Crippen molar-refractivity contribution < 1.29 is 0 Å². The van der Waals surface area contributed by atoms with Crippen molar-refractivity contribution in [2.24, 2.45) is 5.10 Å². The average Bonchev–Trinajstić information content (AvgIpc) is 2.67. The Kier molecular flexibility index (Phi) is 2.49. The lowest BCUT2D eigenvalue weighted by molar-refractivity contribution is 0.535. The second kappa shape index (κ2) is 3.79. The number of para-hydroxylation sites is 1. The van der Waals surface area contributed by atoms with Crippen molar-refractivity contribution in [1.82, 2.24) is 4.90 Å².